The SMILES string of the molecule is CN(C)CCOc1cc[c-]cc1.[Cl-].[Mg+2]. The molecular formula is C10H14ClMgNO. The van der Waals surface area contributed by atoms with Gasteiger partial charge in [0.25, 0.3) is 0 Å². The van der Waals surface area contributed by atoms with E-state index >= 15 is 0 Å². The van der Waals surface area contributed by atoms with Crippen LogP contribution in [0.15, 0.2) is 24.3 Å². The maximum atomic E-state index is 5.46. The first-order valence-corrected chi connectivity index (χ1v) is 4.02. The Morgan fingerprint density at radius 3 is 2.36 bits per heavy atom. The summed E-state index contributed by atoms with van der Waals surface area (Å²) in [4.78, 5) is 2.09. The third-order valence-corrected chi connectivity index (χ3v) is 1.49. The molecule has 0 fully saturated rings. The van der Waals surface area contributed by atoms with E-state index in [1.165, 1.54) is 0 Å². The monoisotopic (exact) mass is 223 g/mol. The molecule has 0 unspecified atom stereocenters. The van der Waals surface area contributed by atoms with E-state index in [0.29, 0.717) is 0 Å². The predicted octanol–water partition coefficient (Wildman–Crippen LogP) is -1.95. The molecule has 1 rings (SSSR count). The Balaban J connectivity index is 0. The molecule has 0 aliphatic carbocycles. The van der Waals surface area contributed by atoms with Crippen molar-refractivity contribution in [3.63, 3.8) is 0 Å². The summed E-state index contributed by atoms with van der Waals surface area (Å²) < 4.78 is 5.46. The normalized spacial score (nSPS) is 8.79. The van der Waals surface area contributed by atoms with Crippen molar-refractivity contribution in [3.8, 4) is 5.75 Å². The van der Waals surface area contributed by atoms with E-state index in [9.17, 15) is 0 Å². The van der Waals surface area contributed by atoms with Gasteiger partial charge in [0.2, 0.25) is 0 Å². The predicted molar refractivity (Wildman–Crippen MR) is 55.1 cm³/mol. The molecule has 0 bridgehead atoms. The Labute approximate surface area is 108 Å². The van der Waals surface area contributed by atoms with Gasteiger partial charge in [0.1, 0.15) is 0 Å². The smallest absolute Gasteiger partial charge is 1.00 e. The first-order valence-electron chi connectivity index (χ1n) is 4.02. The summed E-state index contributed by atoms with van der Waals surface area (Å²) in [7, 11) is 4.06. The van der Waals surface area contributed by atoms with Crippen LogP contribution < -0.4 is 17.1 Å². The average molecular weight is 224 g/mol. The fourth-order valence-electron chi connectivity index (χ4n) is 0.814. The van der Waals surface area contributed by atoms with Crippen molar-refractivity contribution in [3.05, 3.63) is 30.3 Å². The Morgan fingerprint density at radius 1 is 1.29 bits per heavy atom. The van der Waals surface area contributed by atoms with E-state index < -0.39 is 0 Å². The number of likely N-dealkylation sites (N-methyl/N-ethyl adjacent to an activating group) is 1. The largest absolute Gasteiger partial charge is 2.00 e. The first-order chi connectivity index (χ1) is 5.79. The molecule has 14 heavy (non-hydrogen) atoms. The van der Waals surface area contributed by atoms with E-state index in [2.05, 4.69) is 11.0 Å². The molecule has 0 aliphatic rings. The van der Waals surface area contributed by atoms with Gasteiger partial charge in [-0.15, -0.1) is 12.1 Å². The van der Waals surface area contributed by atoms with Gasteiger partial charge in [0, 0.05) is 12.3 Å². The Bertz CT molecular complexity index is 219. The maximum Gasteiger partial charge on any atom is 2.00 e. The first kappa shape index (κ1) is 16.5. The molecule has 1 aromatic rings. The zero-order valence-electron chi connectivity index (χ0n) is 8.66. The van der Waals surface area contributed by atoms with Crippen LogP contribution in [0.1, 0.15) is 0 Å². The van der Waals surface area contributed by atoms with Crippen LogP contribution >= 0.6 is 0 Å². The van der Waals surface area contributed by atoms with Crippen LogP contribution in [0, 0.1) is 6.07 Å². The molecule has 0 amide bonds. The summed E-state index contributed by atoms with van der Waals surface area (Å²) in [6.07, 6.45) is 0. The van der Waals surface area contributed by atoms with Crippen molar-refractivity contribution in [1.29, 1.82) is 0 Å². The molecule has 0 heterocycles. The van der Waals surface area contributed by atoms with Crippen LogP contribution in [-0.2, 0) is 0 Å². The zero-order valence-corrected chi connectivity index (χ0v) is 10.8. The van der Waals surface area contributed by atoms with Crippen LogP contribution in [0.2, 0.25) is 0 Å². The van der Waals surface area contributed by atoms with Gasteiger partial charge in [-0.1, -0.05) is 0 Å². The molecule has 0 aromatic heterocycles. The van der Waals surface area contributed by atoms with Crippen molar-refractivity contribution >= 4 is 23.1 Å². The van der Waals surface area contributed by atoms with E-state index in [1.54, 1.807) is 0 Å². The molecule has 0 N–H and O–H groups in total. The number of rotatable bonds is 4. The van der Waals surface area contributed by atoms with Crippen LogP contribution in [-0.4, -0.2) is 55.2 Å². The maximum absolute atomic E-state index is 5.46. The van der Waals surface area contributed by atoms with Crippen LogP contribution in [0.5, 0.6) is 5.75 Å². The second-order valence-corrected chi connectivity index (χ2v) is 2.89. The van der Waals surface area contributed by atoms with E-state index in [1.807, 2.05) is 38.4 Å². The molecule has 2 nitrogen and oxygen atoms in total. The number of halogens is 1. The standard InChI is InChI=1S/C10H14NO.ClH.Mg/c1-11(2)8-9-12-10-6-4-3-5-7-10;;/h4-7H,8-9H2,1-2H3;1H;/q-1;;+2/p-1. The summed E-state index contributed by atoms with van der Waals surface area (Å²) in [5, 5.41) is 0. The van der Waals surface area contributed by atoms with Gasteiger partial charge in [-0.25, -0.2) is 0 Å². The van der Waals surface area contributed by atoms with Crippen molar-refractivity contribution in [1.82, 2.24) is 4.90 Å². The fourth-order valence-corrected chi connectivity index (χ4v) is 0.814. The molecule has 0 atom stereocenters. The van der Waals surface area contributed by atoms with Gasteiger partial charge in [-0.2, -0.15) is 18.2 Å². The molecule has 1 aromatic carbocycles. The van der Waals surface area contributed by atoms with Crippen LogP contribution in [0.3, 0.4) is 0 Å². The van der Waals surface area contributed by atoms with E-state index in [0.717, 1.165) is 18.9 Å². The van der Waals surface area contributed by atoms with Crippen LogP contribution in [0.4, 0.5) is 0 Å². The Kier molecular flexibility index (Phi) is 11.3. The second kappa shape index (κ2) is 9.59. The van der Waals surface area contributed by atoms with Crippen molar-refractivity contribution in [2.75, 3.05) is 27.2 Å². The van der Waals surface area contributed by atoms with Crippen molar-refractivity contribution in [2.24, 2.45) is 0 Å². The van der Waals surface area contributed by atoms with E-state index in [4.69, 9.17) is 4.74 Å². The number of nitrogens with zero attached hydrogens (tertiary/aromatic N) is 1. The fraction of sp³-hybridized carbons (Fsp3) is 0.400. The summed E-state index contributed by atoms with van der Waals surface area (Å²) in [5.41, 5.74) is 0. The number of hydrogen-bond acceptors (Lipinski definition) is 2. The van der Waals surface area contributed by atoms with Gasteiger partial charge in [0.15, 0.2) is 0 Å². The molecule has 0 saturated heterocycles. The Morgan fingerprint density at radius 2 is 1.86 bits per heavy atom. The third-order valence-electron chi connectivity index (χ3n) is 1.49. The molecule has 0 radical (unpaired) electrons. The summed E-state index contributed by atoms with van der Waals surface area (Å²) >= 11 is 0. The van der Waals surface area contributed by atoms with Gasteiger partial charge in [0.05, 0.1) is 6.61 Å². The molecule has 0 spiro atoms. The molecular weight excluding hydrogens is 210 g/mol. The zero-order chi connectivity index (χ0) is 8.81. The average Bonchev–Trinajstić information content (AvgIpc) is 2.05. The second-order valence-electron chi connectivity index (χ2n) is 2.89. The number of benzene rings is 1. The molecule has 0 aliphatic heterocycles. The number of hydrogen-bond donors (Lipinski definition) is 0. The van der Waals surface area contributed by atoms with Gasteiger partial charge in [-0.05, 0) is 14.1 Å². The minimum Gasteiger partial charge on any atom is -1.00 e. The molecule has 74 valence electrons. The van der Waals surface area contributed by atoms with Crippen molar-refractivity contribution < 1.29 is 17.1 Å². The summed E-state index contributed by atoms with van der Waals surface area (Å²) in [6, 6.07) is 10.5. The molecule has 4 heteroatoms. The van der Waals surface area contributed by atoms with E-state index in [-0.39, 0.29) is 35.5 Å². The Hall–Kier alpha value is 0.0362. The third kappa shape index (κ3) is 7.44. The quantitative estimate of drug-likeness (QED) is 0.435. The van der Waals surface area contributed by atoms with Gasteiger partial charge in [-0.3, -0.25) is 0 Å². The van der Waals surface area contributed by atoms with Gasteiger partial charge >= 0.3 is 23.1 Å². The van der Waals surface area contributed by atoms with Gasteiger partial charge < -0.3 is 22.0 Å². The van der Waals surface area contributed by atoms with Crippen LogP contribution in [0.25, 0.3) is 0 Å². The van der Waals surface area contributed by atoms with Crippen molar-refractivity contribution in [2.45, 2.75) is 0 Å². The summed E-state index contributed by atoms with van der Waals surface area (Å²) in [6.45, 7) is 1.68. The minimum absolute atomic E-state index is 0. The minimum atomic E-state index is 0. The molecule has 0 saturated carbocycles. The summed E-state index contributed by atoms with van der Waals surface area (Å²) in [5.74, 6) is 0.913. The topological polar surface area (TPSA) is 12.5 Å². The number of ether oxygens (including phenoxy) is 1.